The highest BCUT2D eigenvalue weighted by Gasteiger charge is 2.23. The minimum absolute atomic E-state index is 0.0105. The Labute approximate surface area is 232 Å². The van der Waals surface area contributed by atoms with Crippen LogP contribution in [-0.4, -0.2) is 45.1 Å². The molecule has 0 radical (unpaired) electrons. The number of aryl methyl sites for hydroxylation is 3. The molecule has 200 valence electrons. The fourth-order valence-electron chi connectivity index (χ4n) is 4.40. The zero-order valence-electron chi connectivity index (χ0n) is 21.2. The van der Waals surface area contributed by atoms with Crippen molar-refractivity contribution in [3.63, 3.8) is 0 Å². The van der Waals surface area contributed by atoms with E-state index in [1.807, 2.05) is 31.2 Å². The van der Waals surface area contributed by atoms with Gasteiger partial charge in [0, 0.05) is 10.4 Å². The smallest absolute Gasteiger partial charge is 0.341 e. The van der Waals surface area contributed by atoms with Gasteiger partial charge in [-0.3, -0.25) is 14.2 Å². The molecule has 2 N–H and O–H groups in total. The number of fused-ring (bicyclic) bond motifs is 3. The first-order valence-electron chi connectivity index (χ1n) is 12.4. The molecule has 11 heteroatoms. The first-order chi connectivity index (χ1) is 18.9. The summed E-state index contributed by atoms with van der Waals surface area (Å²) in [5, 5.41) is 14.0. The molecule has 0 unspecified atom stereocenters. The lowest BCUT2D eigenvalue weighted by Gasteiger charge is -2.13. The van der Waals surface area contributed by atoms with Crippen LogP contribution in [0.2, 0.25) is 0 Å². The zero-order chi connectivity index (χ0) is 27.4. The predicted molar refractivity (Wildman–Crippen MR) is 153 cm³/mol. The molecule has 0 aliphatic heterocycles. The van der Waals surface area contributed by atoms with E-state index in [1.165, 1.54) is 22.9 Å². The third kappa shape index (κ3) is 6.04. The lowest BCUT2D eigenvalue weighted by Crippen LogP contribution is -2.24. The Morgan fingerprint density at radius 2 is 1.95 bits per heavy atom. The first-order valence-corrected chi connectivity index (χ1v) is 14.2. The number of hydrogen-bond acceptors (Lipinski definition) is 8. The number of nitrogens with zero attached hydrogens (tertiary/aromatic N) is 3. The minimum atomic E-state index is -1.09. The van der Waals surface area contributed by atoms with Crippen LogP contribution >= 0.6 is 23.1 Å². The van der Waals surface area contributed by atoms with Crippen molar-refractivity contribution in [2.24, 2.45) is 5.10 Å². The van der Waals surface area contributed by atoms with Gasteiger partial charge < -0.3 is 9.84 Å². The molecule has 2 heterocycles. The fourth-order valence-corrected chi connectivity index (χ4v) is 6.51. The number of thioether (sulfide) groups is 1. The number of amides is 1. The molecule has 1 amide bonds. The Balaban J connectivity index is 1.37. The molecule has 9 nitrogen and oxygen atoms in total. The van der Waals surface area contributed by atoms with E-state index in [1.54, 1.807) is 40.2 Å². The Morgan fingerprint density at radius 1 is 1.18 bits per heavy atom. The van der Waals surface area contributed by atoms with Gasteiger partial charge in [0.1, 0.15) is 10.6 Å². The molecule has 0 saturated carbocycles. The summed E-state index contributed by atoms with van der Waals surface area (Å²) in [5.41, 5.74) is 5.79. The van der Waals surface area contributed by atoms with Gasteiger partial charge in [-0.15, -0.1) is 11.3 Å². The number of ether oxygens (including phenoxy) is 1. The van der Waals surface area contributed by atoms with Gasteiger partial charge in [0.15, 0.2) is 11.8 Å². The third-order valence-electron chi connectivity index (χ3n) is 6.25. The number of rotatable bonds is 9. The second kappa shape index (κ2) is 11.8. The number of nitrogens with one attached hydrogen (secondary N) is 1. The molecule has 2 aromatic heterocycles. The number of aliphatic carboxylic acids is 1. The van der Waals surface area contributed by atoms with Crippen LogP contribution in [0.1, 0.15) is 34.4 Å². The summed E-state index contributed by atoms with van der Waals surface area (Å²) in [6.07, 6.45) is 5.42. The molecular formula is C28H26N4O5S2. The largest absolute Gasteiger partial charge is 0.481 e. The van der Waals surface area contributed by atoms with Gasteiger partial charge in [-0.05, 0) is 62.4 Å². The van der Waals surface area contributed by atoms with Gasteiger partial charge in [0.25, 0.3) is 11.5 Å². The molecule has 0 fully saturated rings. The third-order valence-corrected chi connectivity index (χ3v) is 8.37. The second-order valence-corrected chi connectivity index (χ2v) is 11.1. The van der Waals surface area contributed by atoms with Crippen LogP contribution in [-0.2, 0) is 22.4 Å². The number of carbonyl (C=O) groups excluding carboxylic acids is 1. The minimum Gasteiger partial charge on any atom is -0.481 e. The zero-order valence-corrected chi connectivity index (χ0v) is 22.8. The molecule has 4 aromatic rings. The summed E-state index contributed by atoms with van der Waals surface area (Å²) in [7, 11) is 0. The van der Waals surface area contributed by atoms with Gasteiger partial charge in [0.2, 0.25) is 0 Å². The number of carboxylic acid groups (broad SMARTS) is 1. The van der Waals surface area contributed by atoms with Crippen molar-refractivity contribution in [1.29, 1.82) is 0 Å². The Bertz CT molecular complexity index is 1630. The van der Waals surface area contributed by atoms with Crippen LogP contribution < -0.4 is 15.7 Å². The quantitative estimate of drug-likeness (QED) is 0.135. The molecule has 0 spiro atoms. The van der Waals surface area contributed by atoms with E-state index in [0.717, 1.165) is 36.8 Å². The van der Waals surface area contributed by atoms with Gasteiger partial charge in [-0.25, -0.2) is 15.2 Å². The van der Waals surface area contributed by atoms with E-state index in [-0.39, 0.29) is 17.2 Å². The lowest BCUT2D eigenvalue weighted by atomic mass is 9.97. The van der Waals surface area contributed by atoms with Crippen LogP contribution in [0.4, 0.5) is 0 Å². The highest BCUT2D eigenvalue weighted by atomic mass is 32.2. The van der Waals surface area contributed by atoms with Crippen molar-refractivity contribution in [2.45, 2.75) is 37.8 Å². The van der Waals surface area contributed by atoms with E-state index in [4.69, 9.17) is 14.8 Å². The molecule has 1 aliphatic rings. The van der Waals surface area contributed by atoms with Crippen LogP contribution in [0, 0.1) is 6.92 Å². The van der Waals surface area contributed by atoms with E-state index < -0.39 is 12.6 Å². The number of thiophene rings is 1. The molecule has 0 atom stereocenters. The second-order valence-electron chi connectivity index (χ2n) is 9.06. The summed E-state index contributed by atoms with van der Waals surface area (Å²) < 4.78 is 6.85. The number of aromatic nitrogens is 2. The highest BCUT2D eigenvalue weighted by molar-refractivity contribution is 7.99. The number of hydrogen-bond donors (Lipinski definition) is 2. The molecule has 1 aliphatic carbocycles. The van der Waals surface area contributed by atoms with Crippen molar-refractivity contribution in [1.82, 2.24) is 15.0 Å². The Hall–Kier alpha value is -3.96. The van der Waals surface area contributed by atoms with E-state index in [9.17, 15) is 14.4 Å². The van der Waals surface area contributed by atoms with Crippen molar-refractivity contribution in [3.8, 4) is 11.4 Å². The number of carbonyl (C=O) groups is 2. The number of carboxylic acids is 1. The molecule has 0 bridgehead atoms. The maximum atomic E-state index is 13.8. The summed E-state index contributed by atoms with van der Waals surface area (Å²) in [6, 6.07) is 14.5. The predicted octanol–water partition coefficient (Wildman–Crippen LogP) is 4.34. The van der Waals surface area contributed by atoms with E-state index in [0.29, 0.717) is 32.4 Å². The van der Waals surface area contributed by atoms with Crippen molar-refractivity contribution in [3.05, 3.63) is 80.5 Å². The molecule has 0 saturated heterocycles. The normalized spacial score (nSPS) is 12.9. The van der Waals surface area contributed by atoms with Crippen LogP contribution in [0.3, 0.4) is 0 Å². The van der Waals surface area contributed by atoms with Gasteiger partial charge in [0.05, 0.1) is 23.0 Å². The molecule has 2 aromatic carbocycles. The van der Waals surface area contributed by atoms with Gasteiger partial charge >= 0.3 is 5.97 Å². The molecule has 5 rings (SSSR count). The average molecular weight is 563 g/mol. The van der Waals surface area contributed by atoms with E-state index in [2.05, 4.69) is 10.5 Å². The maximum absolute atomic E-state index is 13.8. The molecule has 39 heavy (non-hydrogen) atoms. The van der Waals surface area contributed by atoms with Crippen LogP contribution in [0.5, 0.6) is 5.75 Å². The standard InChI is InChI=1S/C28H26N4O5S2/c1-17-10-12-19(13-11-17)32-27(36)25-20-7-3-5-9-22(20)39-26(25)30-28(32)38-16-23(33)31-29-14-18-6-2-4-8-21(18)37-15-24(34)35/h2,4,6,8,10-14H,3,5,7,9,15-16H2,1H3,(H,31,33)(H,34,35)/b29-14+. The van der Waals surface area contributed by atoms with Gasteiger partial charge in [-0.1, -0.05) is 41.6 Å². The summed E-state index contributed by atoms with van der Waals surface area (Å²) >= 11 is 2.75. The summed E-state index contributed by atoms with van der Waals surface area (Å²) in [5.74, 6) is -1.14. The summed E-state index contributed by atoms with van der Waals surface area (Å²) in [6.45, 7) is 1.50. The number of para-hydroxylation sites is 1. The SMILES string of the molecule is Cc1ccc(-n2c(SCC(=O)N/N=C/c3ccccc3OCC(=O)O)nc3sc4c(c3c2=O)CCCC4)cc1. The van der Waals surface area contributed by atoms with E-state index >= 15 is 0 Å². The monoisotopic (exact) mass is 562 g/mol. The fraction of sp³-hybridized carbons (Fsp3) is 0.250. The number of benzene rings is 2. The van der Waals surface area contributed by atoms with Crippen LogP contribution in [0.25, 0.3) is 15.9 Å². The lowest BCUT2D eigenvalue weighted by molar-refractivity contribution is -0.139. The van der Waals surface area contributed by atoms with Crippen LogP contribution in [0.15, 0.2) is 63.6 Å². The van der Waals surface area contributed by atoms with Gasteiger partial charge in [-0.2, -0.15) is 5.10 Å². The van der Waals surface area contributed by atoms with Crippen molar-refractivity contribution in [2.75, 3.05) is 12.4 Å². The Kier molecular flexibility index (Phi) is 8.08. The Morgan fingerprint density at radius 3 is 2.74 bits per heavy atom. The first kappa shape index (κ1) is 26.6. The van der Waals surface area contributed by atoms with Crippen molar-refractivity contribution < 1.29 is 19.4 Å². The molecular weight excluding hydrogens is 536 g/mol. The topological polar surface area (TPSA) is 123 Å². The van der Waals surface area contributed by atoms with Crippen molar-refractivity contribution >= 4 is 51.4 Å². The summed E-state index contributed by atoms with van der Waals surface area (Å²) in [4.78, 5) is 44.1. The number of hydrazone groups is 1. The maximum Gasteiger partial charge on any atom is 0.341 e. The highest BCUT2D eigenvalue weighted by Crippen LogP contribution is 2.35. The average Bonchev–Trinajstić information content (AvgIpc) is 3.31.